The summed E-state index contributed by atoms with van der Waals surface area (Å²) in [5.74, 6) is -0.578. The normalized spacial score (nSPS) is 13.5. The second-order valence-corrected chi connectivity index (χ2v) is 11.7. The molecule has 0 rings (SSSR count). The van der Waals surface area contributed by atoms with E-state index in [2.05, 4.69) is 5.32 Å². The van der Waals surface area contributed by atoms with Crippen LogP contribution in [-0.2, 0) is 14.3 Å². The van der Waals surface area contributed by atoms with Crippen molar-refractivity contribution in [2.24, 2.45) is 11.3 Å². The Hall–Kier alpha value is -1.08. The Balaban J connectivity index is 4.88. The lowest BCUT2D eigenvalue weighted by Crippen LogP contribution is -2.46. The molecule has 2 amide bonds. The third-order valence-corrected chi connectivity index (χ3v) is 5.14. The molecule has 7 heteroatoms. The molecule has 0 heterocycles. The summed E-state index contributed by atoms with van der Waals surface area (Å²) in [4.78, 5) is 36.6. The van der Waals surface area contributed by atoms with Crippen LogP contribution in [0.1, 0.15) is 82.1 Å². The quantitative estimate of drug-likeness (QED) is 0.628. The highest BCUT2D eigenvalue weighted by Crippen LogP contribution is 2.36. The van der Waals surface area contributed by atoms with Gasteiger partial charge in [-0.1, -0.05) is 53.3 Å². The molecule has 0 aliphatic rings. The van der Waals surface area contributed by atoms with Crippen LogP contribution in [0.4, 0.5) is 4.79 Å². The molecule has 6 nitrogen and oxygen atoms in total. The summed E-state index contributed by atoms with van der Waals surface area (Å²) in [5.41, 5.74) is -2.83. The first-order valence-electron chi connectivity index (χ1n) is 9.26. The molecular formula is C20H37NO5S. The van der Waals surface area contributed by atoms with Gasteiger partial charge in [0.2, 0.25) is 5.91 Å². The first kappa shape index (κ1) is 25.9. The lowest BCUT2D eigenvalue weighted by atomic mass is 9.81. The number of thioether (sulfide) groups is 1. The summed E-state index contributed by atoms with van der Waals surface area (Å²) < 4.78 is 5.03. The van der Waals surface area contributed by atoms with Crippen molar-refractivity contribution < 1.29 is 24.2 Å². The zero-order valence-corrected chi connectivity index (χ0v) is 19.3. The number of hydrogen-bond acceptors (Lipinski definition) is 6. The number of imide groups is 1. The zero-order chi connectivity index (χ0) is 21.8. The van der Waals surface area contributed by atoms with Gasteiger partial charge in [-0.25, -0.2) is 4.79 Å². The molecule has 0 aromatic rings. The fraction of sp³-hybridized carbons (Fsp3) is 0.850. The van der Waals surface area contributed by atoms with E-state index in [1.807, 2.05) is 27.7 Å². The second kappa shape index (κ2) is 8.95. The molecule has 0 spiro atoms. The van der Waals surface area contributed by atoms with Gasteiger partial charge in [-0.15, -0.1) is 0 Å². The van der Waals surface area contributed by atoms with E-state index in [4.69, 9.17) is 4.74 Å². The van der Waals surface area contributed by atoms with Crippen LogP contribution in [0, 0.1) is 11.3 Å². The van der Waals surface area contributed by atoms with E-state index in [0.29, 0.717) is 6.42 Å². The molecule has 158 valence electrons. The first-order valence-corrected chi connectivity index (χ1v) is 10.1. The smallest absolute Gasteiger partial charge is 0.414 e. The van der Waals surface area contributed by atoms with Crippen LogP contribution in [-0.4, -0.2) is 38.2 Å². The molecule has 0 saturated heterocycles. The maximum absolute atomic E-state index is 12.4. The minimum absolute atomic E-state index is 0.0720. The maximum atomic E-state index is 12.4. The Bertz CT molecular complexity index is 559. The Morgan fingerprint density at radius 2 is 1.44 bits per heavy atom. The molecule has 0 aliphatic heterocycles. The molecule has 0 aromatic heterocycles. The van der Waals surface area contributed by atoms with E-state index in [9.17, 15) is 19.5 Å². The van der Waals surface area contributed by atoms with Gasteiger partial charge in [0.1, 0.15) is 5.60 Å². The molecule has 0 aromatic carbocycles. The van der Waals surface area contributed by atoms with Gasteiger partial charge < -0.3 is 9.84 Å². The van der Waals surface area contributed by atoms with E-state index in [0.717, 1.165) is 0 Å². The van der Waals surface area contributed by atoms with Crippen LogP contribution in [0.15, 0.2) is 0 Å². The summed E-state index contributed by atoms with van der Waals surface area (Å²) in [6.07, 6.45) is -0.189. The Kier molecular flexibility index (Phi) is 8.59. The first-order chi connectivity index (χ1) is 11.8. The number of amides is 2. The highest BCUT2D eigenvalue weighted by molar-refractivity contribution is 8.14. The predicted octanol–water partition coefficient (Wildman–Crippen LogP) is 4.29. The van der Waals surface area contributed by atoms with Crippen LogP contribution < -0.4 is 5.32 Å². The number of carbonyl (C=O) groups excluding carboxylic acids is 3. The highest BCUT2D eigenvalue weighted by Gasteiger charge is 2.37. The van der Waals surface area contributed by atoms with Crippen LogP contribution >= 0.6 is 11.8 Å². The van der Waals surface area contributed by atoms with Crippen LogP contribution in [0.2, 0.25) is 0 Å². The lowest BCUT2D eigenvalue weighted by Gasteiger charge is -2.34. The molecule has 0 unspecified atom stereocenters. The topological polar surface area (TPSA) is 92.7 Å². The average Bonchev–Trinajstić information content (AvgIpc) is 2.31. The van der Waals surface area contributed by atoms with Crippen molar-refractivity contribution >= 4 is 28.9 Å². The van der Waals surface area contributed by atoms with E-state index >= 15 is 0 Å². The van der Waals surface area contributed by atoms with Crippen LogP contribution in [0.5, 0.6) is 0 Å². The monoisotopic (exact) mass is 403 g/mol. The zero-order valence-electron chi connectivity index (χ0n) is 18.5. The number of alkyl carbamates (subject to hydrolysis) is 1. The Morgan fingerprint density at radius 1 is 0.963 bits per heavy atom. The molecule has 0 radical (unpaired) electrons. The van der Waals surface area contributed by atoms with Crippen molar-refractivity contribution in [3.05, 3.63) is 0 Å². The molecule has 0 fully saturated rings. The third-order valence-electron chi connectivity index (χ3n) is 3.77. The largest absolute Gasteiger partial charge is 0.443 e. The lowest BCUT2D eigenvalue weighted by molar-refractivity contribution is -0.132. The molecule has 2 N–H and O–H groups in total. The van der Waals surface area contributed by atoms with Crippen molar-refractivity contribution in [2.75, 3.05) is 0 Å². The van der Waals surface area contributed by atoms with E-state index in [1.165, 1.54) is 11.8 Å². The summed E-state index contributed by atoms with van der Waals surface area (Å²) in [6, 6.07) is 0. The third kappa shape index (κ3) is 10.7. The van der Waals surface area contributed by atoms with Gasteiger partial charge in [-0.2, -0.15) is 0 Å². The van der Waals surface area contributed by atoms with Gasteiger partial charge in [-0.3, -0.25) is 14.9 Å². The van der Waals surface area contributed by atoms with Gasteiger partial charge in [0.15, 0.2) is 5.12 Å². The van der Waals surface area contributed by atoms with Crippen molar-refractivity contribution in [2.45, 2.75) is 98.0 Å². The van der Waals surface area contributed by atoms with Crippen LogP contribution in [0.3, 0.4) is 0 Å². The number of ether oxygens (including phenoxy) is 1. The van der Waals surface area contributed by atoms with Crippen molar-refractivity contribution in [3.8, 4) is 0 Å². The van der Waals surface area contributed by atoms with Crippen molar-refractivity contribution in [1.82, 2.24) is 5.32 Å². The second-order valence-electron chi connectivity index (χ2n) is 9.99. The molecular weight excluding hydrogens is 366 g/mol. The summed E-state index contributed by atoms with van der Waals surface area (Å²) >= 11 is 1.24. The van der Waals surface area contributed by atoms with Gasteiger partial charge in [0.25, 0.3) is 0 Å². The number of carbonyl (C=O) groups is 3. The molecule has 0 bridgehead atoms. The van der Waals surface area contributed by atoms with Gasteiger partial charge >= 0.3 is 6.09 Å². The molecule has 27 heavy (non-hydrogen) atoms. The fourth-order valence-electron chi connectivity index (χ4n) is 3.19. The predicted molar refractivity (Wildman–Crippen MR) is 110 cm³/mol. The highest BCUT2D eigenvalue weighted by atomic mass is 32.2. The van der Waals surface area contributed by atoms with E-state index in [1.54, 1.807) is 41.5 Å². The fourth-order valence-corrected chi connectivity index (χ4v) is 4.39. The summed E-state index contributed by atoms with van der Waals surface area (Å²) in [5, 5.41) is 12.3. The Morgan fingerprint density at radius 3 is 1.85 bits per heavy atom. The number of nitrogens with one attached hydrogen (secondary N) is 1. The number of hydrogen-bond donors (Lipinski definition) is 2. The minimum atomic E-state index is -1.03. The standard InChI is InChI=1S/C20H37NO5S/c1-13(2)14(22)27-20(9,10)12-19(7,8)26-16(24)21-15(23)17(3,4)11-18(5,6)25/h13,25H,11-12H2,1-10H3,(H,21,23,24). The van der Waals surface area contributed by atoms with Gasteiger partial charge in [0.05, 0.1) is 5.60 Å². The van der Waals surface area contributed by atoms with Gasteiger partial charge in [-0.05, 0) is 34.1 Å². The van der Waals surface area contributed by atoms with Crippen molar-refractivity contribution in [3.63, 3.8) is 0 Å². The van der Waals surface area contributed by atoms with E-state index in [-0.39, 0.29) is 17.5 Å². The summed E-state index contributed by atoms with van der Waals surface area (Å²) in [7, 11) is 0. The maximum Gasteiger partial charge on any atom is 0.414 e. The minimum Gasteiger partial charge on any atom is -0.443 e. The van der Waals surface area contributed by atoms with Crippen molar-refractivity contribution in [1.29, 1.82) is 0 Å². The van der Waals surface area contributed by atoms with Gasteiger partial charge in [0, 0.05) is 22.5 Å². The molecule has 0 atom stereocenters. The van der Waals surface area contributed by atoms with E-state index < -0.39 is 33.4 Å². The SMILES string of the molecule is CC(C)C(=O)SC(C)(C)CC(C)(C)OC(=O)NC(=O)C(C)(C)CC(C)(C)O. The van der Waals surface area contributed by atoms with Crippen LogP contribution in [0.25, 0.3) is 0 Å². The molecule has 0 aliphatic carbocycles. The average molecular weight is 404 g/mol. The Labute approximate surface area is 168 Å². The number of rotatable bonds is 8. The number of aliphatic hydroxyl groups is 1. The summed E-state index contributed by atoms with van der Waals surface area (Å²) in [6.45, 7) is 17.6. The molecule has 0 saturated carbocycles.